The second-order valence-electron chi connectivity index (χ2n) is 2.40. The second kappa shape index (κ2) is 3.02. The summed E-state index contributed by atoms with van der Waals surface area (Å²) in [6.07, 6.45) is 1.32. The Morgan fingerprint density at radius 3 is 2.92 bits per heavy atom. The van der Waals surface area contributed by atoms with Gasteiger partial charge in [0.05, 0.1) is 4.88 Å². The van der Waals surface area contributed by atoms with Crippen LogP contribution >= 0.6 is 11.3 Å². The summed E-state index contributed by atoms with van der Waals surface area (Å²) in [4.78, 5) is 22.7. The van der Waals surface area contributed by atoms with Crippen LogP contribution in [0.25, 0.3) is 0 Å². The number of ketones is 1. The maximum atomic E-state index is 11.5. The first-order chi connectivity index (χ1) is 6.27. The van der Waals surface area contributed by atoms with Gasteiger partial charge in [-0.15, -0.1) is 11.3 Å². The molecule has 1 aliphatic heterocycles. The fourth-order valence-electron chi connectivity index (χ4n) is 0.954. The minimum Gasteiger partial charge on any atom is -0.310 e. The minimum absolute atomic E-state index is 0.174. The van der Waals surface area contributed by atoms with Crippen molar-refractivity contribution in [2.75, 3.05) is 0 Å². The van der Waals surface area contributed by atoms with Crippen molar-refractivity contribution in [3.63, 3.8) is 0 Å². The third-order valence-electron chi connectivity index (χ3n) is 1.53. The predicted octanol–water partition coefficient (Wildman–Crippen LogP) is 1.10. The molecule has 2 heterocycles. The van der Waals surface area contributed by atoms with Gasteiger partial charge >= 0.3 is 6.03 Å². The summed E-state index contributed by atoms with van der Waals surface area (Å²) in [5, 5.41) is 7.64. The highest BCUT2D eigenvalue weighted by atomic mass is 32.1. The Bertz CT molecular complexity index is 381. The number of urea groups is 1. The van der Waals surface area contributed by atoms with Crippen molar-refractivity contribution in [3.05, 3.63) is 34.3 Å². The Morgan fingerprint density at radius 2 is 2.38 bits per heavy atom. The van der Waals surface area contributed by atoms with Crippen molar-refractivity contribution < 1.29 is 9.59 Å². The molecule has 5 heteroatoms. The van der Waals surface area contributed by atoms with Gasteiger partial charge in [0.1, 0.15) is 5.70 Å². The van der Waals surface area contributed by atoms with E-state index in [1.807, 2.05) is 0 Å². The molecule has 13 heavy (non-hydrogen) atoms. The predicted molar refractivity (Wildman–Crippen MR) is 47.4 cm³/mol. The van der Waals surface area contributed by atoms with Gasteiger partial charge in [-0.2, -0.15) is 5.32 Å². The summed E-state index contributed by atoms with van der Waals surface area (Å²) in [6.45, 7) is 0. The van der Waals surface area contributed by atoms with E-state index in [9.17, 15) is 9.59 Å². The second-order valence-corrected chi connectivity index (χ2v) is 3.34. The fourth-order valence-corrected chi connectivity index (χ4v) is 1.63. The van der Waals surface area contributed by atoms with Crippen LogP contribution < -0.4 is 10.6 Å². The van der Waals surface area contributed by atoms with E-state index in [2.05, 4.69) is 10.6 Å². The first-order valence-corrected chi connectivity index (χ1v) is 4.46. The molecule has 0 saturated carbocycles. The molecule has 0 aromatic carbocycles. The zero-order valence-electron chi connectivity index (χ0n) is 6.48. The molecule has 2 amide bonds. The third kappa shape index (κ3) is 1.46. The quantitative estimate of drug-likeness (QED) is 0.715. The number of rotatable bonds is 2. The van der Waals surface area contributed by atoms with Gasteiger partial charge < -0.3 is 5.32 Å². The third-order valence-corrected chi connectivity index (χ3v) is 2.40. The molecule has 0 bridgehead atoms. The molecule has 2 rings (SSSR count). The average molecular weight is 193 g/mol. The fraction of sp³-hybridized carbons (Fsp3) is 0. The highest BCUT2D eigenvalue weighted by molar-refractivity contribution is 7.12. The van der Waals surface area contributed by atoms with Crippen LogP contribution in [0.2, 0.25) is 0 Å². The van der Waals surface area contributed by atoms with Crippen molar-refractivity contribution in [1.29, 1.82) is 0 Å². The molecule has 4 nitrogen and oxygen atoms in total. The van der Waals surface area contributed by atoms with Gasteiger partial charge in [0.15, 0.2) is 0 Å². The van der Waals surface area contributed by atoms with E-state index in [-0.39, 0.29) is 11.5 Å². The molecule has 1 aromatic heterocycles. The van der Waals surface area contributed by atoms with Gasteiger partial charge in [0, 0.05) is 6.20 Å². The number of allylic oxidation sites excluding steroid dienone is 1. The minimum atomic E-state index is -0.486. The standard InChI is InChI=1S/C8H5N2O2S/c11-7(6-2-1-3-13-6)5-4-9-8(12)10-5/h1-4H,(H,9,12). The lowest BCUT2D eigenvalue weighted by atomic mass is 10.2. The van der Waals surface area contributed by atoms with Crippen LogP contribution in [0.1, 0.15) is 9.67 Å². The number of amides is 2. The number of carbonyl (C=O) groups is 2. The zero-order valence-corrected chi connectivity index (χ0v) is 7.30. The summed E-state index contributed by atoms with van der Waals surface area (Å²) >= 11 is 1.33. The maximum absolute atomic E-state index is 11.5. The summed E-state index contributed by atoms with van der Waals surface area (Å²) in [6, 6.07) is 2.99. The number of hydrogen-bond donors (Lipinski definition) is 1. The molecular formula is C8H5N2O2S. The Hall–Kier alpha value is -1.62. The van der Waals surface area contributed by atoms with Crippen LogP contribution in [-0.2, 0) is 0 Å². The lowest BCUT2D eigenvalue weighted by Gasteiger charge is -1.93. The van der Waals surface area contributed by atoms with Crippen molar-refractivity contribution in [2.24, 2.45) is 0 Å². The highest BCUT2D eigenvalue weighted by Gasteiger charge is 2.21. The Labute approximate surface area is 78.3 Å². The SMILES string of the molecule is O=C1[N]C(C(=O)c2cccs2)=CN1. The smallest absolute Gasteiger partial charge is 0.310 e. The summed E-state index contributed by atoms with van der Waals surface area (Å²) in [5.41, 5.74) is 0.174. The van der Waals surface area contributed by atoms with Crippen LogP contribution in [0, 0.1) is 0 Å². The van der Waals surface area contributed by atoms with E-state index in [1.165, 1.54) is 17.5 Å². The molecule has 0 atom stereocenters. The van der Waals surface area contributed by atoms with Gasteiger partial charge in [0.25, 0.3) is 0 Å². The molecule has 1 N–H and O–H groups in total. The monoisotopic (exact) mass is 193 g/mol. The molecule has 0 unspecified atom stereocenters. The number of thiophene rings is 1. The number of carbonyl (C=O) groups excluding carboxylic acids is 2. The number of Topliss-reactive ketones (excluding diaryl/α,β-unsaturated/α-hetero) is 1. The van der Waals surface area contributed by atoms with E-state index in [0.29, 0.717) is 4.88 Å². The lowest BCUT2D eigenvalue weighted by Crippen LogP contribution is -2.18. The van der Waals surface area contributed by atoms with Gasteiger partial charge in [-0.05, 0) is 11.4 Å². The van der Waals surface area contributed by atoms with E-state index in [1.54, 1.807) is 17.5 Å². The first kappa shape index (κ1) is 8.00. The Balaban J connectivity index is 2.20. The van der Waals surface area contributed by atoms with E-state index in [0.717, 1.165) is 0 Å². The molecule has 0 spiro atoms. The summed E-state index contributed by atoms with van der Waals surface area (Å²) < 4.78 is 0. The summed E-state index contributed by atoms with van der Waals surface area (Å²) in [5.74, 6) is -0.214. The van der Waals surface area contributed by atoms with Crippen molar-refractivity contribution in [2.45, 2.75) is 0 Å². The topological polar surface area (TPSA) is 60.3 Å². The van der Waals surface area contributed by atoms with Gasteiger partial charge in [-0.3, -0.25) is 4.79 Å². The lowest BCUT2D eigenvalue weighted by molar-refractivity contribution is 0.103. The number of nitrogens with one attached hydrogen (secondary N) is 1. The van der Waals surface area contributed by atoms with Crippen LogP contribution in [0.4, 0.5) is 4.79 Å². The number of hydrogen-bond acceptors (Lipinski definition) is 3. The molecule has 1 radical (unpaired) electrons. The Morgan fingerprint density at radius 1 is 1.54 bits per heavy atom. The van der Waals surface area contributed by atoms with E-state index in [4.69, 9.17) is 0 Å². The van der Waals surface area contributed by atoms with Gasteiger partial charge in [-0.1, -0.05) is 6.07 Å². The molecule has 0 aliphatic carbocycles. The largest absolute Gasteiger partial charge is 0.345 e. The van der Waals surface area contributed by atoms with Crippen LogP contribution in [-0.4, -0.2) is 11.8 Å². The number of nitrogens with zero attached hydrogens (tertiary/aromatic N) is 1. The van der Waals surface area contributed by atoms with Crippen molar-refractivity contribution in [1.82, 2.24) is 10.6 Å². The molecule has 65 valence electrons. The summed E-state index contributed by atoms with van der Waals surface area (Å²) in [7, 11) is 0. The van der Waals surface area contributed by atoms with Crippen LogP contribution in [0.3, 0.4) is 0 Å². The van der Waals surface area contributed by atoms with E-state index >= 15 is 0 Å². The van der Waals surface area contributed by atoms with Crippen molar-refractivity contribution in [3.8, 4) is 0 Å². The molecular weight excluding hydrogens is 188 g/mol. The molecule has 0 saturated heterocycles. The molecule has 0 fully saturated rings. The average Bonchev–Trinajstić information content (AvgIpc) is 2.72. The molecule has 1 aromatic rings. The zero-order chi connectivity index (χ0) is 9.26. The normalized spacial score (nSPS) is 14.8. The molecule has 1 aliphatic rings. The van der Waals surface area contributed by atoms with Gasteiger partial charge in [-0.25, -0.2) is 4.79 Å². The Kier molecular flexibility index (Phi) is 1.86. The maximum Gasteiger partial charge on any atom is 0.345 e. The van der Waals surface area contributed by atoms with Crippen LogP contribution in [0.5, 0.6) is 0 Å². The van der Waals surface area contributed by atoms with Crippen LogP contribution in [0.15, 0.2) is 29.4 Å². The first-order valence-electron chi connectivity index (χ1n) is 3.58. The highest BCUT2D eigenvalue weighted by Crippen LogP contribution is 2.14. The van der Waals surface area contributed by atoms with Gasteiger partial charge in [0.2, 0.25) is 5.78 Å². The van der Waals surface area contributed by atoms with E-state index < -0.39 is 6.03 Å². The van der Waals surface area contributed by atoms with Crippen molar-refractivity contribution >= 4 is 23.2 Å².